The zero-order valence-electron chi connectivity index (χ0n) is 20.3. The topological polar surface area (TPSA) is 108 Å². The Morgan fingerprint density at radius 3 is 2.30 bits per heavy atom. The number of carbonyl (C=O) groups excluding carboxylic acids is 2. The Balaban J connectivity index is 1.57. The number of halogens is 1. The molecule has 1 fully saturated rings. The van der Waals surface area contributed by atoms with E-state index in [1.165, 1.54) is 6.20 Å². The van der Waals surface area contributed by atoms with Crippen molar-refractivity contribution >= 4 is 27.9 Å². The van der Waals surface area contributed by atoms with Crippen LogP contribution in [0.5, 0.6) is 0 Å². The van der Waals surface area contributed by atoms with Gasteiger partial charge in [0.15, 0.2) is 5.60 Å². The number of rotatable bonds is 7. The number of hydrogen-bond acceptors (Lipinski definition) is 7. The van der Waals surface area contributed by atoms with E-state index in [-0.39, 0.29) is 19.4 Å². The fourth-order valence-corrected chi connectivity index (χ4v) is 4.40. The summed E-state index contributed by atoms with van der Waals surface area (Å²) in [6.45, 7) is 3.50. The largest absolute Gasteiger partial charge is 0.458 e. The number of aromatic amines is 1. The number of nitrogens with one attached hydrogen (secondary N) is 1. The Morgan fingerprint density at radius 1 is 1.11 bits per heavy atom. The van der Waals surface area contributed by atoms with Gasteiger partial charge in [0, 0.05) is 24.7 Å². The molecule has 1 unspecified atom stereocenters. The molecule has 37 heavy (non-hydrogen) atoms. The highest BCUT2D eigenvalue weighted by Gasteiger charge is 2.51. The number of nitrogens with zero attached hydrogens (tertiary/aromatic N) is 1. The number of H-pyrrole nitrogens is 1. The molecule has 4 rings (SSSR count). The van der Waals surface area contributed by atoms with Crippen molar-refractivity contribution in [3.8, 4) is 12.3 Å². The van der Waals surface area contributed by atoms with Crippen molar-refractivity contribution in [3.05, 3.63) is 97.6 Å². The lowest BCUT2D eigenvalue weighted by atomic mass is 9.97. The summed E-state index contributed by atoms with van der Waals surface area (Å²) >= 11 is 3.37. The second kappa shape index (κ2) is 11.1. The Hall–Kier alpha value is -3.74. The van der Waals surface area contributed by atoms with Gasteiger partial charge in [-0.25, -0.2) is 19.4 Å². The molecule has 3 aromatic rings. The quantitative estimate of drug-likeness (QED) is 0.342. The van der Waals surface area contributed by atoms with Gasteiger partial charge in [-0.05, 0) is 54.0 Å². The van der Waals surface area contributed by atoms with Gasteiger partial charge >= 0.3 is 17.6 Å². The molecule has 2 heterocycles. The number of carbonyl (C=O) groups is 2. The number of aryl methyl sites for hydroxylation is 2. The molecule has 0 amide bonds. The molecule has 8 nitrogen and oxygen atoms in total. The van der Waals surface area contributed by atoms with E-state index in [1.54, 1.807) is 48.5 Å². The van der Waals surface area contributed by atoms with Crippen LogP contribution in [-0.4, -0.2) is 46.3 Å². The zero-order chi connectivity index (χ0) is 26.6. The first-order valence-corrected chi connectivity index (χ1v) is 12.4. The molecule has 9 heteroatoms. The molecule has 0 radical (unpaired) electrons. The highest BCUT2D eigenvalue weighted by Crippen LogP contribution is 2.36. The molecule has 3 atom stereocenters. The second-order valence-corrected chi connectivity index (χ2v) is 9.78. The minimum Gasteiger partial charge on any atom is -0.458 e. The van der Waals surface area contributed by atoms with Crippen LogP contribution in [0.25, 0.3) is 0 Å². The molecule has 0 saturated carbocycles. The first kappa shape index (κ1) is 26.3. The number of aromatic nitrogens is 2. The van der Waals surface area contributed by atoms with Crippen molar-refractivity contribution in [1.29, 1.82) is 0 Å². The molecule has 1 aromatic heterocycles. The van der Waals surface area contributed by atoms with Crippen LogP contribution < -0.4 is 5.69 Å². The maximum Gasteiger partial charge on any atom is 0.345 e. The van der Waals surface area contributed by atoms with Crippen LogP contribution in [0.2, 0.25) is 0 Å². The fraction of sp³-hybridized carbons (Fsp3) is 0.286. The van der Waals surface area contributed by atoms with E-state index < -0.39 is 35.4 Å². The average molecular weight is 565 g/mol. The number of esters is 2. The van der Waals surface area contributed by atoms with E-state index >= 15 is 0 Å². The lowest BCUT2D eigenvalue weighted by Crippen LogP contribution is -2.45. The molecule has 1 aliphatic rings. The molecule has 2 aromatic carbocycles. The molecule has 1 saturated heterocycles. The predicted molar refractivity (Wildman–Crippen MR) is 139 cm³/mol. The minimum atomic E-state index is -1.52. The van der Waals surface area contributed by atoms with Crippen molar-refractivity contribution in [3.63, 3.8) is 0 Å². The SMILES string of the molecule is C#C[C@]1(COC(=O)c2ccc(C)cc2)OC(Cc2[nH]c(=O)ncc2Br)C[C@@H]1OC(=O)c1ccc(C)cc1. The van der Waals surface area contributed by atoms with Gasteiger partial charge in [-0.15, -0.1) is 6.42 Å². The summed E-state index contributed by atoms with van der Waals surface area (Å²) in [5.74, 6) is 1.43. The highest BCUT2D eigenvalue weighted by molar-refractivity contribution is 9.10. The average Bonchev–Trinajstić information content (AvgIpc) is 3.22. The second-order valence-electron chi connectivity index (χ2n) is 8.93. The fourth-order valence-electron chi connectivity index (χ4n) is 4.04. The van der Waals surface area contributed by atoms with Crippen LogP contribution in [0.15, 0.2) is 64.0 Å². The molecule has 1 N–H and O–H groups in total. The molecule has 0 bridgehead atoms. The van der Waals surface area contributed by atoms with E-state index in [2.05, 4.69) is 31.8 Å². The Morgan fingerprint density at radius 2 is 1.70 bits per heavy atom. The minimum absolute atomic E-state index is 0.223. The number of ether oxygens (including phenoxy) is 3. The summed E-state index contributed by atoms with van der Waals surface area (Å²) in [5.41, 5.74) is 1.25. The first-order valence-electron chi connectivity index (χ1n) is 11.6. The number of terminal acetylenes is 1. The lowest BCUT2D eigenvalue weighted by molar-refractivity contribution is -0.0821. The van der Waals surface area contributed by atoms with E-state index in [0.717, 1.165) is 11.1 Å². The monoisotopic (exact) mass is 564 g/mol. The van der Waals surface area contributed by atoms with Gasteiger partial charge in [0.25, 0.3) is 0 Å². The molecule has 1 aliphatic heterocycles. The van der Waals surface area contributed by atoms with Gasteiger partial charge in [0.1, 0.15) is 12.7 Å². The summed E-state index contributed by atoms with van der Waals surface area (Å²) in [5, 5.41) is 0. The van der Waals surface area contributed by atoms with Crippen molar-refractivity contribution in [2.45, 2.75) is 44.5 Å². The summed E-state index contributed by atoms with van der Waals surface area (Å²) in [6, 6.07) is 13.9. The lowest BCUT2D eigenvalue weighted by Gasteiger charge is -2.28. The van der Waals surface area contributed by atoms with Crippen LogP contribution in [0.3, 0.4) is 0 Å². The van der Waals surface area contributed by atoms with Crippen LogP contribution in [0.1, 0.15) is 44.0 Å². The van der Waals surface area contributed by atoms with Gasteiger partial charge in [-0.3, -0.25) is 0 Å². The van der Waals surface area contributed by atoms with Crippen LogP contribution in [0.4, 0.5) is 0 Å². The van der Waals surface area contributed by atoms with Gasteiger partial charge in [-0.2, -0.15) is 0 Å². The Labute approximate surface area is 222 Å². The standard InChI is InChI=1S/C28H25BrN2O6/c1-4-28(16-35-25(32)19-9-5-17(2)6-10-19)24(36-26(33)20-11-7-18(3)8-12-20)14-21(37-28)13-23-22(29)15-30-27(34)31-23/h1,5-12,15,21,24H,13-14,16H2,2-3H3,(H,30,31,34)/t21?,24-,28+/m0/s1. The van der Waals surface area contributed by atoms with Crippen molar-refractivity contribution in [2.24, 2.45) is 0 Å². The third-order valence-corrected chi connectivity index (χ3v) is 6.82. The smallest absolute Gasteiger partial charge is 0.345 e. The maximum absolute atomic E-state index is 13.0. The molecule has 190 valence electrons. The van der Waals surface area contributed by atoms with Crippen LogP contribution >= 0.6 is 15.9 Å². The molecular weight excluding hydrogens is 540 g/mol. The molecule has 0 spiro atoms. The summed E-state index contributed by atoms with van der Waals surface area (Å²) in [6.07, 6.45) is 6.34. The normalized spacial score (nSPS) is 20.7. The van der Waals surface area contributed by atoms with Gasteiger partial charge < -0.3 is 19.2 Å². The Kier molecular flexibility index (Phi) is 7.91. The van der Waals surface area contributed by atoms with Gasteiger partial charge in [0.2, 0.25) is 0 Å². The van der Waals surface area contributed by atoms with E-state index in [9.17, 15) is 14.4 Å². The van der Waals surface area contributed by atoms with E-state index in [0.29, 0.717) is 21.3 Å². The third-order valence-electron chi connectivity index (χ3n) is 6.13. The van der Waals surface area contributed by atoms with Crippen molar-refractivity contribution in [2.75, 3.05) is 6.61 Å². The van der Waals surface area contributed by atoms with Crippen molar-refractivity contribution in [1.82, 2.24) is 9.97 Å². The maximum atomic E-state index is 13.0. The summed E-state index contributed by atoms with van der Waals surface area (Å²) < 4.78 is 18.2. The predicted octanol–water partition coefficient (Wildman–Crippen LogP) is 3.94. The van der Waals surface area contributed by atoms with Gasteiger partial charge in [0.05, 0.1) is 21.7 Å². The molecule has 0 aliphatic carbocycles. The zero-order valence-corrected chi connectivity index (χ0v) is 21.9. The number of hydrogen-bond donors (Lipinski definition) is 1. The van der Waals surface area contributed by atoms with Gasteiger partial charge in [-0.1, -0.05) is 41.3 Å². The number of benzene rings is 2. The van der Waals surface area contributed by atoms with E-state index in [4.69, 9.17) is 20.6 Å². The van der Waals surface area contributed by atoms with Crippen LogP contribution in [-0.2, 0) is 20.6 Å². The molecular formula is C28H25BrN2O6. The summed E-state index contributed by atoms with van der Waals surface area (Å²) in [7, 11) is 0. The third kappa shape index (κ3) is 6.16. The first-order chi connectivity index (χ1) is 17.7. The Bertz CT molecular complexity index is 1390. The summed E-state index contributed by atoms with van der Waals surface area (Å²) in [4.78, 5) is 43.7. The van der Waals surface area contributed by atoms with Crippen molar-refractivity contribution < 1.29 is 23.8 Å². The van der Waals surface area contributed by atoms with E-state index in [1.807, 2.05) is 13.8 Å². The van der Waals surface area contributed by atoms with Crippen LogP contribution in [0, 0.1) is 26.2 Å². The highest BCUT2D eigenvalue weighted by atomic mass is 79.9.